The molecule has 3 aromatic carbocycles. The molecule has 50 heavy (non-hydrogen) atoms. The van der Waals surface area contributed by atoms with Gasteiger partial charge in [0.1, 0.15) is 5.25 Å². The van der Waals surface area contributed by atoms with E-state index in [1.807, 2.05) is 0 Å². The van der Waals surface area contributed by atoms with Crippen molar-refractivity contribution in [1.82, 2.24) is 4.98 Å². The molecule has 3 atom stereocenters. The van der Waals surface area contributed by atoms with Crippen LogP contribution in [-0.2, 0) is 29.1 Å². The van der Waals surface area contributed by atoms with Crippen LogP contribution < -0.4 is 29.7 Å². The van der Waals surface area contributed by atoms with Crippen molar-refractivity contribution in [3.8, 4) is 11.5 Å². The van der Waals surface area contributed by atoms with Crippen molar-refractivity contribution in [1.29, 1.82) is 0 Å². The van der Waals surface area contributed by atoms with E-state index in [-0.39, 0.29) is 40.0 Å². The minimum absolute atomic E-state index is 0.101. The Morgan fingerprint density at radius 1 is 0.920 bits per heavy atom. The lowest BCUT2D eigenvalue weighted by Crippen LogP contribution is -2.32. The number of esters is 1. The van der Waals surface area contributed by atoms with Gasteiger partial charge in [-0.3, -0.25) is 19.2 Å². The minimum atomic E-state index is -3.88. The van der Waals surface area contributed by atoms with E-state index in [1.165, 1.54) is 48.5 Å². The van der Waals surface area contributed by atoms with E-state index < -0.39 is 57.4 Å². The molecule has 0 aliphatic carbocycles. The summed E-state index contributed by atoms with van der Waals surface area (Å²) in [5, 5.41) is 7.39. The number of hydrogen-bond donors (Lipinski definition) is 3. The molecule has 14 nitrogen and oxygen atoms in total. The Morgan fingerprint density at radius 2 is 1.64 bits per heavy atom. The molecule has 17 heteroatoms. The van der Waals surface area contributed by atoms with Crippen LogP contribution in [0.5, 0.6) is 11.5 Å². The molecular formula is C33H30N4O10S3. The third-order valence-electron chi connectivity index (χ3n) is 7.91. The maximum atomic E-state index is 14.1. The number of thiazole rings is 1. The Morgan fingerprint density at radius 3 is 2.30 bits per heavy atom. The van der Waals surface area contributed by atoms with E-state index in [4.69, 9.17) is 19.3 Å². The molecule has 0 bridgehead atoms. The summed E-state index contributed by atoms with van der Waals surface area (Å²) >= 11 is 2.10. The van der Waals surface area contributed by atoms with Gasteiger partial charge in [0.05, 0.1) is 40.3 Å². The Labute approximate surface area is 294 Å². The van der Waals surface area contributed by atoms with Gasteiger partial charge in [-0.15, -0.1) is 0 Å². The molecule has 3 amide bonds. The van der Waals surface area contributed by atoms with Gasteiger partial charge in [0, 0.05) is 16.5 Å². The fourth-order valence-electron chi connectivity index (χ4n) is 5.77. The molecule has 260 valence electrons. The minimum Gasteiger partial charge on any atom is -0.490 e. The standard InChI is InChI=1S/C33H30N4O10S3/c1-3-45-23-15-18(7-14-22(23)47-16-24(38)35-19-8-12-21(13-9-19)50(34,43)44)25-26-28(48-29-27(25)49-33(42)36-29)31(40)37(30(26)39)20-10-5-17(6-11-20)32(41)46-4-2/h5-15,25-26,28H,3-4,16H2,1-2H3,(H,35,38)(H,36,42)(H2,34,43,44). The van der Waals surface area contributed by atoms with Crippen molar-refractivity contribution in [3.63, 3.8) is 0 Å². The predicted molar refractivity (Wildman–Crippen MR) is 184 cm³/mol. The predicted octanol–water partition coefficient (Wildman–Crippen LogP) is 3.47. The number of rotatable bonds is 11. The number of thioether (sulfide) groups is 1. The van der Waals surface area contributed by atoms with Gasteiger partial charge < -0.3 is 24.5 Å². The number of aromatic nitrogens is 1. The maximum Gasteiger partial charge on any atom is 0.338 e. The number of H-pyrrole nitrogens is 1. The largest absolute Gasteiger partial charge is 0.490 e. The molecule has 3 heterocycles. The average molecular weight is 739 g/mol. The summed E-state index contributed by atoms with van der Waals surface area (Å²) in [6.45, 7) is 3.49. The molecular weight excluding hydrogens is 709 g/mol. The summed E-state index contributed by atoms with van der Waals surface area (Å²) in [4.78, 5) is 69.4. The van der Waals surface area contributed by atoms with Crippen LogP contribution in [-0.4, -0.2) is 62.2 Å². The zero-order valence-corrected chi connectivity index (χ0v) is 29.0. The number of primary sulfonamides is 1. The number of ether oxygens (including phenoxy) is 3. The Balaban J connectivity index is 1.26. The third-order valence-corrected chi connectivity index (χ3v) is 11.2. The number of anilines is 2. The molecule has 2 aliphatic heterocycles. The Bertz CT molecular complexity index is 2150. The van der Waals surface area contributed by atoms with Gasteiger partial charge in [-0.1, -0.05) is 29.2 Å². The van der Waals surface area contributed by atoms with Gasteiger partial charge in [0.2, 0.25) is 21.8 Å². The third kappa shape index (κ3) is 6.89. The van der Waals surface area contributed by atoms with Crippen LogP contribution in [0.3, 0.4) is 0 Å². The number of carbonyl (C=O) groups excluding carboxylic acids is 4. The number of hydrogen-bond acceptors (Lipinski definition) is 12. The molecule has 3 unspecified atom stereocenters. The van der Waals surface area contributed by atoms with Crippen LogP contribution in [0.4, 0.5) is 11.4 Å². The number of imide groups is 1. The van der Waals surface area contributed by atoms with Crippen molar-refractivity contribution in [2.24, 2.45) is 11.1 Å². The topological polar surface area (TPSA) is 204 Å². The maximum absolute atomic E-state index is 14.1. The highest BCUT2D eigenvalue weighted by Gasteiger charge is 2.56. The molecule has 6 rings (SSSR count). The Kier molecular flexibility index (Phi) is 9.84. The lowest BCUT2D eigenvalue weighted by atomic mass is 9.83. The summed E-state index contributed by atoms with van der Waals surface area (Å²) in [6, 6.07) is 16.3. The van der Waals surface area contributed by atoms with E-state index in [1.54, 1.807) is 32.0 Å². The van der Waals surface area contributed by atoms with Crippen molar-refractivity contribution < 1.29 is 41.8 Å². The second kappa shape index (κ2) is 14.1. The highest BCUT2D eigenvalue weighted by molar-refractivity contribution is 8.00. The number of fused-ring (bicyclic) bond motifs is 2. The van der Waals surface area contributed by atoms with Crippen molar-refractivity contribution in [2.45, 2.75) is 34.9 Å². The van der Waals surface area contributed by atoms with Crippen LogP contribution in [0, 0.1) is 5.92 Å². The fourth-order valence-corrected chi connectivity index (χ4v) is 8.80. The first-order valence-corrected chi connectivity index (χ1v) is 18.5. The molecule has 0 spiro atoms. The quantitative estimate of drug-likeness (QED) is 0.150. The zero-order chi connectivity index (χ0) is 35.7. The first kappa shape index (κ1) is 34.9. The molecule has 2 aliphatic rings. The van der Waals surface area contributed by atoms with E-state index in [0.29, 0.717) is 26.8 Å². The average Bonchev–Trinajstić information content (AvgIpc) is 3.58. The lowest BCUT2D eigenvalue weighted by Gasteiger charge is -2.30. The van der Waals surface area contributed by atoms with Crippen molar-refractivity contribution in [2.75, 3.05) is 30.0 Å². The van der Waals surface area contributed by atoms with Gasteiger partial charge in [0.25, 0.3) is 5.91 Å². The van der Waals surface area contributed by atoms with E-state index >= 15 is 0 Å². The normalized spacial score (nSPS) is 18.3. The number of amides is 3. The van der Waals surface area contributed by atoms with E-state index in [9.17, 15) is 32.4 Å². The lowest BCUT2D eigenvalue weighted by molar-refractivity contribution is -0.122. The molecule has 4 N–H and O–H groups in total. The van der Waals surface area contributed by atoms with Gasteiger partial charge in [-0.25, -0.2) is 23.3 Å². The molecule has 1 aromatic heterocycles. The van der Waals surface area contributed by atoms with Crippen LogP contribution in [0.25, 0.3) is 0 Å². The van der Waals surface area contributed by atoms with Crippen LogP contribution in [0.1, 0.15) is 40.6 Å². The first-order valence-electron chi connectivity index (χ1n) is 15.3. The highest BCUT2D eigenvalue weighted by atomic mass is 32.2. The Hall–Kier alpha value is -4.97. The number of aromatic amines is 1. The molecule has 4 aromatic rings. The van der Waals surface area contributed by atoms with Crippen LogP contribution in [0.15, 0.2) is 81.4 Å². The smallest absolute Gasteiger partial charge is 0.338 e. The van der Waals surface area contributed by atoms with Crippen LogP contribution >= 0.6 is 23.1 Å². The number of carbonyl (C=O) groups is 4. The zero-order valence-electron chi connectivity index (χ0n) is 26.5. The first-order chi connectivity index (χ1) is 23.9. The number of nitrogens with two attached hydrogens (primary N) is 1. The fraction of sp³-hybridized carbons (Fsp3) is 0.242. The second-order valence-corrected chi connectivity index (χ2v) is 14.8. The summed E-state index contributed by atoms with van der Waals surface area (Å²) in [6.07, 6.45) is 0. The summed E-state index contributed by atoms with van der Waals surface area (Å²) in [7, 11) is -3.88. The summed E-state index contributed by atoms with van der Waals surface area (Å²) in [5.41, 5.74) is 1.50. The second-order valence-electron chi connectivity index (χ2n) is 11.1. The number of nitrogens with zero attached hydrogens (tertiary/aromatic N) is 1. The molecule has 0 radical (unpaired) electrons. The molecule has 1 fully saturated rings. The molecule has 1 saturated heterocycles. The van der Waals surface area contributed by atoms with Gasteiger partial charge >= 0.3 is 10.8 Å². The van der Waals surface area contributed by atoms with Gasteiger partial charge in [-0.2, -0.15) is 0 Å². The number of benzene rings is 3. The van der Waals surface area contributed by atoms with Gasteiger partial charge in [0.15, 0.2) is 18.1 Å². The highest BCUT2D eigenvalue weighted by Crippen LogP contribution is 2.53. The SMILES string of the molecule is CCOC(=O)c1ccc(N2C(=O)C3Sc4[nH]c(=O)sc4C(c4ccc(OCC(=O)Nc5ccc(S(N)(=O)=O)cc5)c(OCC)c4)C3C2=O)cc1. The summed E-state index contributed by atoms with van der Waals surface area (Å²) < 4.78 is 39.7. The van der Waals surface area contributed by atoms with Crippen molar-refractivity contribution >= 4 is 68.2 Å². The van der Waals surface area contributed by atoms with Gasteiger partial charge in [-0.05, 0) is 80.1 Å². The van der Waals surface area contributed by atoms with E-state index in [0.717, 1.165) is 28.0 Å². The van der Waals surface area contributed by atoms with E-state index in [2.05, 4.69) is 10.3 Å². The number of nitrogens with one attached hydrogen (secondary N) is 2. The number of sulfonamides is 1. The summed E-state index contributed by atoms with van der Waals surface area (Å²) in [5.74, 6) is -3.02. The molecule has 0 saturated carbocycles. The van der Waals surface area contributed by atoms with Crippen molar-refractivity contribution in [3.05, 3.63) is 92.4 Å². The monoisotopic (exact) mass is 738 g/mol. The van der Waals surface area contributed by atoms with Crippen LogP contribution in [0.2, 0.25) is 0 Å².